The number of aryl methyl sites for hydroxylation is 2. The number of nitrogens with two attached hydrogens (primary N) is 1. The summed E-state index contributed by atoms with van der Waals surface area (Å²) in [5, 5.41) is 3.14. The summed E-state index contributed by atoms with van der Waals surface area (Å²) in [6.07, 6.45) is 0. The molecule has 0 saturated carbocycles. The zero-order chi connectivity index (χ0) is 18.3. The maximum Gasteiger partial charge on any atom is 0.231 e. The second-order valence-corrected chi connectivity index (χ2v) is 6.07. The number of nitrogens with one attached hydrogen (secondary N) is 1. The molecule has 0 fully saturated rings. The highest BCUT2D eigenvalue weighted by atomic mass is 19.1. The van der Waals surface area contributed by atoms with Crippen LogP contribution >= 0.6 is 0 Å². The Kier molecular flexibility index (Phi) is 3.76. The number of benzene rings is 2. The van der Waals surface area contributed by atoms with E-state index in [9.17, 15) is 4.39 Å². The highest BCUT2D eigenvalue weighted by Crippen LogP contribution is 2.24. The number of nitrogen functional groups attached to an aromatic ring is 1. The number of fused-ring (bicyclic) bond motifs is 1. The van der Waals surface area contributed by atoms with Gasteiger partial charge in [-0.1, -0.05) is 23.8 Å². The van der Waals surface area contributed by atoms with E-state index in [4.69, 9.17) is 5.73 Å². The molecule has 2 aromatic heterocycles. The maximum absolute atomic E-state index is 14.0. The van der Waals surface area contributed by atoms with E-state index in [-0.39, 0.29) is 5.82 Å². The first-order chi connectivity index (χ1) is 12.5. The summed E-state index contributed by atoms with van der Waals surface area (Å²) in [6, 6.07) is 14.3. The molecule has 3 N–H and O–H groups in total. The lowest BCUT2D eigenvalue weighted by Crippen LogP contribution is -2.07. The molecule has 130 valence electrons. The Balaban J connectivity index is 1.81. The number of aromatic nitrogens is 4. The van der Waals surface area contributed by atoms with Crippen molar-refractivity contribution in [3.8, 4) is 5.82 Å². The predicted octanol–water partition coefficient (Wildman–Crippen LogP) is 3.90. The molecule has 0 aliphatic rings. The minimum absolute atomic E-state index is 0.301. The molecule has 6 nitrogen and oxygen atoms in total. The zero-order valence-electron chi connectivity index (χ0n) is 14.4. The van der Waals surface area contributed by atoms with Gasteiger partial charge in [0, 0.05) is 11.8 Å². The van der Waals surface area contributed by atoms with E-state index in [0.717, 1.165) is 11.3 Å². The normalized spacial score (nSPS) is 11.0. The second-order valence-electron chi connectivity index (χ2n) is 6.07. The lowest BCUT2D eigenvalue weighted by Gasteiger charge is -2.10. The number of anilines is 3. The molecule has 2 heterocycles. The van der Waals surface area contributed by atoms with Gasteiger partial charge in [-0.25, -0.2) is 9.37 Å². The fourth-order valence-corrected chi connectivity index (χ4v) is 2.86. The van der Waals surface area contributed by atoms with Crippen molar-refractivity contribution in [3.05, 3.63) is 65.7 Å². The van der Waals surface area contributed by atoms with Crippen LogP contribution in [-0.2, 0) is 0 Å². The molecule has 0 spiro atoms. The molecule has 0 aliphatic heterocycles. The number of rotatable bonds is 3. The van der Waals surface area contributed by atoms with Crippen LogP contribution in [0.25, 0.3) is 16.9 Å². The van der Waals surface area contributed by atoms with Crippen LogP contribution in [0.5, 0.6) is 0 Å². The van der Waals surface area contributed by atoms with E-state index in [1.165, 1.54) is 6.07 Å². The molecule has 26 heavy (non-hydrogen) atoms. The highest BCUT2D eigenvalue weighted by molar-refractivity contribution is 5.78. The molecular weight excluding hydrogens is 331 g/mol. The lowest BCUT2D eigenvalue weighted by molar-refractivity contribution is 0.637. The van der Waals surface area contributed by atoms with Gasteiger partial charge < -0.3 is 11.1 Å². The first-order valence-corrected chi connectivity index (χ1v) is 8.13. The van der Waals surface area contributed by atoms with Crippen LogP contribution in [0.15, 0.2) is 48.5 Å². The Labute approximate surface area is 149 Å². The molecule has 2 aromatic carbocycles. The molecule has 4 aromatic rings. The molecule has 0 atom stereocenters. The number of hydrogen-bond donors (Lipinski definition) is 2. The Hall–Kier alpha value is -3.48. The summed E-state index contributed by atoms with van der Waals surface area (Å²) in [7, 11) is 0. The van der Waals surface area contributed by atoms with Crippen molar-refractivity contribution in [2.75, 3.05) is 11.1 Å². The van der Waals surface area contributed by atoms with E-state index in [1.54, 1.807) is 29.7 Å². The summed E-state index contributed by atoms with van der Waals surface area (Å²) in [4.78, 5) is 13.1. The fraction of sp³-hybridized carbons (Fsp3) is 0.105. The largest absolute Gasteiger partial charge is 0.383 e. The van der Waals surface area contributed by atoms with Crippen LogP contribution in [0.4, 0.5) is 21.8 Å². The van der Waals surface area contributed by atoms with Crippen LogP contribution in [0.1, 0.15) is 11.4 Å². The van der Waals surface area contributed by atoms with Gasteiger partial charge in [-0.3, -0.25) is 4.57 Å². The Morgan fingerprint density at radius 1 is 1.00 bits per heavy atom. The molecule has 0 radical (unpaired) electrons. The molecule has 0 saturated heterocycles. The third-order valence-electron chi connectivity index (χ3n) is 4.07. The minimum atomic E-state index is -0.371. The quantitative estimate of drug-likeness (QED) is 0.587. The molecule has 0 unspecified atom stereocenters. The van der Waals surface area contributed by atoms with Crippen LogP contribution < -0.4 is 11.1 Å². The van der Waals surface area contributed by atoms with Gasteiger partial charge in [0.15, 0.2) is 5.82 Å². The van der Waals surface area contributed by atoms with Gasteiger partial charge in [0.25, 0.3) is 0 Å². The fourth-order valence-electron chi connectivity index (χ4n) is 2.86. The summed E-state index contributed by atoms with van der Waals surface area (Å²) in [5.74, 6) is 1.44. The number of imidazole rings is 1. The monoisotopic (exact) mass is 348 g/mol. The third-order valence-corrected chi connectivity index (χ3v) is 4.07. The van der Waals surface area contributed by atoms with Crippen molar-refractivity contribution in [2.24, 2.45) is 0 Å². The van der Waals surface area contributed by atoms with Gasteiger partial charge in [-0.15, -0.1) is 0 Å². The molecule has 0 amide bonds. The zero-order valence-corrected chi connectivity index (χ0v) is 14.4. The highest BCUT2D eigenvalue weighted by Gasteiger charge is 2.14. The van der Waals surface area contributed by atoms with Crippen LogP contribution in [0.2, 0.25) is 0 Å². The van der Waals surface area contributed by atoms with Gasteiger partial charge >= 0.3 is 0 Å². The van der Waals surface area contributed by atoms with E-state index in [2.05, 4.69) is 20.3 Å². The van der Waals surface area contributed by atoms with Crippen molar-refractivity contribution < 1.29 is 4.39 Å². The summed E-state index contributed by atoms with van der Waals surface area (Å²) in [5.41, 5.74) is 8.91. The van der Waals surface area contributed by atoms with Crippen molar-refractivity contribution in [2.45, 2.75) is 13.8 Å². The van der Waals surface area contributed by atoms with E-state index in [0.29, 0.717) is 34.4 Å². The smallest absolute Gasteiger partial charge is 0.231 e. The van der Waals surface area contributed by atoms with Crippen LogP contribution in [0, 0.1) is 19.7 Å². The van der Waals surface area contributed by atoms with Crippen molar-refractivity contribution in [1.29, 1.82) is 0 Å². The number of nitrogens with zero attached hydrogens (tertiary/aromatic N) is 4. The summed E-state index contributed by atoms with van der Waals surface area (Å²) in [6.45, 7) is 3.82. The molecule has 7 heteroatoms. The lowest BCUT2D eigenvalue weighted by atomic mass is 10.2. The van der Waals surface area contributed by atoms with Crippen molar-refractivity contribution in [1.82, 2.24) is 19.5 Å². The van der Waals surface area contributed by atoms with Crippen molar-refractivity contribution in [3.63, 3.8) is 0 Å². The van der Waals surface area contributed by atoms with Crippen molar-refractivity contribution >= 4 is 28.5 Å². The molecule has 0 bridgehead atoms. The van der Waals surface area contributed by atoms with E-state index < -0.39 is 0 Å². The Morgan fingerprint density at radius 2 is 1.77 bits per heavy atom. The molecule has 4 rings (SSSR count). The minimum Gasteiger partial charge on any atom is -0.383 e. The van der Waals surface area contributed by atoms with E-state index in [1.807, 2.05) is 31.2 Å². The third kappa shape index (κ3) is 2.83. The SMILES string of the molecule is Cc1ccc(Nc2nc(N)cc(-n3c(C)nc4c(F)cccc43)n2)cc1. The van der Waals surface area contributed by atoms with Gasteiger partial charge in [0.1, 0.15) is 23.0 Å². The maximum atomic E-state index is 14.0. The second kappa shape index (κ2) is 6.11. The van der Waals surface area contributed by atoms with Gasteiger partial charge in [-0.2, -0.15) is 9.97 Å². The van der Waals surface area contributed by atoms with Gasteiger partial charge in [-0.05, 0) is 38.1 Å². The van der Waals surface area contributed by atoms with E-state index >= 15 is 0 Å². The average Bonchev–Trinajstić information content (AvgIpc) is 2.94. The molecular formula is C19H17FN6. The number of halogens is 1. The standard InChI is InChI=1S/C19H17FN6/c1-11-6-8-13(9-7-11)23-19-24-16(21)10-17(25-19)26-12(2)22-18-14(20)4-3-5-15(18)26/h3-10H,1-2H3,(H3,21,23,24,25). The summed E-state index contributed by atoms with van der Waals surface area (Å²) < 4.78 is 15.8. The Morgan fingerprint density at radius 3 is 2.54 bits per heavy atom. The molecule has 0 aliphatic carbocycles. The van der Waals surface area contributed by atoms with Gasteiger partial charge in [0.2, 0.25) is 5.95 Å². The van der Waals surface area contributed by atoms with Crippen LogP contribution in [0.3, 0.4) is 0 Å². The number of hydrogen-bond acceptors (Lipinski definition) is 5. The first-order valence-electron chi connectivity index (χ1n) is 8.13. The summed E-state index contributed by atoms with van der Waals surface area (Å²) >= 11 is 0. The topological polar surface area (TPSA) is 81.6 Å². The predicted molar refractivity (Wildman–Crippen MR) is 100 cm³/mol. The first kappa shape index (κ1) is 16.0. The van der Waals surface area contributed by atoms with Gasteiger partial charge in [0.05, 0.1) is 5.52 Å². The average molecular weight is 348 g/mol. The Bertz CT molecular complexity index is 1100. The number of para-hydroxylation sites is 1. The van der Waals surface area contributed by atoms with Crippen LogP contribution in [-0.4, -0.2) is 19.5 Å².